The predicted octanol–water partition coefficient (Wildman–Crippen LogP) is 2.32. The van der Waals surface area contributed by atoms with Gasteiger partial charge in [0.25, 0.3) is 5.75 Å². The molecule has 8 nitrogen and oxygen atoms in total. The van der Waals surface area contributed by atoms with E-state index in [0.29, 0.717) is 17.5 Å². The molecule has 8 heteroatoms. The van der Waals surface area contributed by atoms with Gasteiger partial charge in [0.2, 0.25) is 0 Å². The molecule has 0 radical (unpaired) electrons. The molecular formula is C15H19N3O5. The first-order valence-corrected chi connectivity index (χ1v) is 7.57. The number of hydrogen-bond acceptors (Lipinski definition) is 6. The lowest BCUT2D eigenvalue weighted by Crippen LogP contribution is -2.56. The maximum atomic E-state index is 11.7. The molecule has 1 N–H and O–H groups in total. The molecular weight excluding hydrogens is 302 g/mol. The Labute approximate surface area is 133 Å². The summed E-state index contributed by atoms with van der Waals surface area (Å²) >= 11 is 0. The molecule has 0 unspecified atom stereocenters. The second kappa shape index (κ2) is 5.16. The summed E-state index contributed by atoms with van der Waals surface area (Å²) < 4.78 is 5.08. The normalized spacial score (nSPS) is 28.8. The summed E-state index contributed by atoms with van der Waals surface area (Å²) in [6.07, 6.45) is 1.30. The van der Waals surface area contributed by atoms with Crippen LogP contribution in [0.1, 0.15) is 31.4 Å². The van der Waals surface area contributed by atoms with Gasteiger partial charge in [0.15, 0.2) is 0 Å². The summed E-state index contributed by atoms with van der Waals surface area (Å²) in [5, 5.41) is 26.5. The molecule has 23 heavy (non-hydrogen) atoms. The number of piperidine rings is 1. The van der Waals surface area contributed by atoms with Gasteiger partial charge in [-0.15, -0.1) is 0 Å². The van der Waals surface area contributed by atoms with Gasteiger partial charge in [0.05, 0.1) is 17.0 Å². The number of benzene rings is 1. The fourth-order valence-electron chi connectivity index (χ4n) is 4.20. The van der Waals surface area contributed by atoms with Crippen LogP contribution in [0.15, 0.2) is 6.07 Å². The summed E-state index contributed by atoms with van der Waals surface area (Å²) in [5.41, 5.74) is 0.312. The number of rotatable bonds is 3. The Morgan fingerprint density at radius 3 is 2.61 bits per heavy atom. The summed E-state index contributed by atoms with van der Waals surface area (Å²) in [7, 11) is 1.24. The van der Waals surface area contributed by atoms with Crippen LogP contribution in [0.2, 0.25) is 0 Å². The number of nitrogens with zero attached hydrogens (tertiary/aromatic N) is 2. The SMILES string of the molecule is COc1c([N+](=O)[O-])cc2c(c1[N+](=O)[O-])[C@]1(C)CCN[C@H](C2)[C@@H]1C. The monoisotopic (exact) mass is 321 g/mol. The Balaban J connectivity index is 2.38. The van der Waals surface area contributed by atoms with Crippen LogP contribution in [0, 0.1) is 26.1 Å². The lowest BCUT2D eigenvalue weighted by Gasteiger charge is -2.49. The summed E-state index contributed by atoms with van der Waals surface area (Å²) in [5.74, 6) is -0.0437. The summed E-state index contributed by atoms with van der Waals surface area (Å²) in [6, 6.07) is 1.62. The maximum absolute atomic E-state index is 11.7. The van der Waals surface area contributed by atoms with Crippen molar-refractivity contribution >= 4 is 11.4 Å². The Bertz CT molecular complexity index is 705. The van der Waals surface area contributed by atoms with Gasteiger partial charge in [-0.3, -0.25) is 20.2 Å². The zero-order chi connectivity index (χ0) is 16.9. The molecule has 1 aliphatic carbocycles. The first kappa shape index (κ1) is 15.7. The van der Waals surface area contributed by atoms with E-state index in [1.807, 2.05) is 6.92 Å². The predicted molar refractivity (Wildman–Crippen MR) is 82.9 cm³/mol. The number of hydrogen-bond donors (Lipinski definition) is 1. The molecule has 1 heterocycles. The second-order valence-corrected chi connectivity index (χ2v) is 6.55. The number of nitro groups is 2. The fraction of sp³-hybridized carbons (Fsp3) is 0.600. The van der Waals surface area contributed by atoms with E-state index in [-0.39, 0.29) is 29.1 Å². The van der Waals surface area contributed by atoms with Crippen LogP contribution in [-0.2, 0) is 11.8 Å². The highest BCUT2D eigenvalue weighted by Crippen LogP contribution is 2.54. The van der Waals surface area contributed by atoms with Crippen molar-refractivity contribution in [3.05, 3.63) is 37.4 Å². The van der Waals surface area contributed by atoms with Crippen molar-refractivity contribution in [2.75, 3.05) is 13.7 Å². The first-order chi connectivity index (χ1) is 10.8. The Morgan fingerprint density at radius 1 is 1.35 bits per heavy atom. The van der Waals surface area contributed by atoms with Gasteiger partial charge in [-0.25, -0.2) is 0 Å². The van der Waals surface area contributed by atoms with Crippen LogP contribution < -0.4 is 10.1 Å². The maximum Gasteiger partial charge on any atom is 0.322 e. The Morgan fingerprint density at radius 2 is 2.04 bits per heavy atom. The molecule has 2 bridgehead atoms. The van der Waals surface area contributed by atoms with Gasteiger partial charge in [-0.1, -0.05) is 13.8 Å². The largest absolute Gasteiger partial charge is 0.485 e. The minimum absolute atomic E-state index is 0.175. The van der Waals surface area contributed by atoms with Gasteiger partial charge in [0.1, 0.15) is 0 Å². The molecule has 1 aromatic rings. The summed E-state index contributed by atoms with van der Waals surface area (Å²) in [4.78, 5) is 21.9. The third-order valence-electron chi connectivity index (χ3n) is 5.57. The minimum Gasteiger partial charge on any atom is -0.485 e. The van der Waals surface area contributed by atoms with Crippen LogP contribution in [0.4, 0.5) is 11.4 Å². The highest BCUT2D eigenvalue weighted by molar-refractivity contribution is 5.69. The van der Waals surface area contributed by atoms with Gasteiger partial charge in [-0.05, 0) is 30.9 Å². The molecule has 1 aromatic carbocycles. The third-order valence-corrected chi connectivity index (χ3v) is 5.57. The average Bonchev–Trinajstić information content (AvgIpc) is 2.48. The molecule has 0 spiro atoms. The van der Waals surface area contributed by atoms with Crippen molar-refractivity contribution in [2.45, 2.75) is 38.1 Å². The van der Waals surface area contributed by atoms with Crippen molar-refractivity contribution in [3.8, 4) is 5.75 Å². The molecule has 124 valence electrons. The van der Waals surface area contributed by atoms with Crippen LogP contribution >= 0.6 is 0 Å². The van der Waals surface area contributed by atoms with E-state index < -0.39 is 15.3 Å². The topological polar surface area (TPSA) is 108 Å². The van der Waals surface area contributed by atoms with E-state index in [9.17, 15) is 20.2 Å². The van der Waals surface area contributed by atoms with E-state index in [2.05, 4.69) is 12.2 Å². The van der Waals surface area contributed by atoms with E-state index in [1.165, 1.54) is 13.2 Å². The lowest BCUT2D eigenvalue weighted by atomic mass is 9.59. The van der Waals surface area contributed by atoms with Crippen molar-refractivity contribution < 1.29 is 14.6 Å². The molecule has 3 atom stereocenters. The van der Waals surface area contributed by atoms with Crippen molar-refractivity contribution in [1.29, 1.82) is 0 Å². The molecule has 1 saturated heterocycles. The van der Waals surface area contributed by atoms with E-state index in [1.54, 1.807) is 0 Å². The smallest absolute Gasteiger partial charge is 0.322 e. The van der Waals surface area contributed by atoms with Gasteiger partial charge in [-0.2, -0.15) is 0 Å². The number of ether oxygens (including phenoxy) is 1. The van der Waals surface area contributed by atoms with Crippen molar-refractivity contribution in [2.24, 2.45) is 5.92 Å². The number of fused-ring (bicyclic) bond motifs is 4. The van der Waals surface area contributed by atoms with Crippen LogP contribution in [-0.4, -0.2) is 29.5 Å². The molecule has 2 aliphatic rings. The zero-order valence-electron chi connectivity index (χ0n) is 13.3. The van der Waals surface area contributed by atoms with Crippen LogP contribution in [0.3, 0.4) is 0 Å². The zero-order valence-corrected chi connectivity index (χ0v) is 13.3. The minimum atomic E-state index is -0.615. The number of nitrogens with one attached hydrogen (secondary N) is 1. The lowest BCUT2D eigenvalue weighted by molar-refractivity contribution is -0.396. The highest BCUT2D eigenvalue weighted by Gasteiger charge is 2.51. The van der Waals surface area contributed by atoms with E-state index in [4.69, 9.17) is 4.74 Å². The number of methoxy groups -OCH3 is 1. The van der Waals surface area contributed by atoms with Gasteiger partial charge >= 0.3 is 11.4 Å². The molecule has 0 aromatic heterocycles. The number of nitro benzene ring substituents is 2. The fourth-order valence-corrected chi connectivity index (χ4v) is 4.20. The second-order valence-electron chi connectivity index (χ2n) is 6.55. The standard InChI is InChI=1S/C15H19N3O5/c1-8-10-6-9-7-11(17(19)20)14(23-3)13(18(21)22)12(9)15(8,2)4-5-16-10/h7-8,10,16H,4-6H2,1-3H3/t8-,10+,15+/m0/s1. The first-order valence-electron chi connectivity index (χ1n) is 7.57. The Kier molecular flexibility index (Phi) is 3.51. The van der Waals surface area contributed by atoms with Crippen molar-refractivity contribution in [1.82, 2.24) is 5.32 Å². The summed E-state index contributed by atoms with van der Waals surface area (Å²) in [6.45, 7) is 4.88. The van der Waals surface area contributed by atoms with Gasteiger partial charge in [0, 0.05) is 23.1 Å². The highest BCUT2D eigenvalue weighted by atomic mass is 16.6. The molecule has 0 amide bonds. The molecule has 1 fully saturated rings. The van der Waals surface area contributed by atoms with Crippen LogP contribution in [0.25, 0.3) is 0 Å². The van der Waals surface area contributed by atoms with E-state index >= 15 is 0 Å². The molecule has 1 aliphatic heterocycles. The average molecular weight is 321 g/mol. The third kappa shape index (κ3) is 2.08. The van der Waals surface area contributed by atoms with E-state index in [0.717, 1.165) is 13.0 Å². The van der Waals surface area contributed by atoms with Crippen LogP contribution in [0.5, 0.6) is 5.75 Å². The van der Waals surface area contributed by atoms with Crippen molar-refractivity contribution in [3.63, 3.8) is 0 Å². The molecule has 3 rings (SSSR count). The van der Waals surface area contributed by atoms with Gasteiger partial charge < -0.3 is 10.1 Å². The Hall–Kier alpha value is -2.22. The molecule has 0 saturated carbocycles. The quantitative estimate of drug-likeness (QED) is 0.676.